The quantitative estimate of drug-likeness (QED) is 0.191. The average molecular weight is 665 g/mol. The molecule has 3 amide bonds. The maximum Gasteiger partial charge on any atom is 0.303 e. The molecule has 6 atom stereocenters. The van der Waals surface area contributed by atoms with Gasteiger partial charge in [0.2, 0.25) is 11.8 Å². The predicted molar refractivity (Wildman–Crippen MR) is 185 cm³/mol. The number of esters is 1. The van der Waals surface area contributed by atoms with E-state index in [2.05, 4.69) is 10.3 Å². The van der Waals surface area contributed by atoms with Crippen LogP contribution < -0.4 is 11.1 Å². The Labute approximate surface area is 286 Å². The van der Waals surface area contributed by atoms with E-state index in [1.165, 1.54) is 11.8 Å². The highest BCUT2D eigenvalue weighted by Gasteiger charge is 2.39. The Morgan fingerprint density at radius 1 is 1.02 bits per heavy atom. The summed E-state index contributed by atoms with van der Waals surface area (Å²) in [5, 5.41) is 14.9. The maximum absolute atomic E-state index is 14.5. The molecule has 10 heteroatoms. The van der Waals surface area contributed by atoms with Gasteiger partial charge in [0.15, 0.2) is 6.10 Å². The Balaban J connectivity index is 1.91. The fourth-order valence-corrected chi connectivity index (χ4v) is 6.83. The van der Waals surface area contributed by atoms with E-state index in [1.807, 2.05) is 64.1 Å². The van der Waals surface area contributed by atoms with Crippen molar-refractivity contribution in [2.45, 2.75) is 123 Å². The molecular weight excluding hydrogens is 608 g/mol. The first-order chi connectivity index (χ1) is 22.9. The molecule has 1 aliphatic carbocycles. The molecule has 0 bridgehead atoms. The molecule has 10 nitrogen and oxygen atoms in total. The van der Waals surface area contributed by atoms with E-state index in [9.17, 15) is 24.3 Å². The lowest BCUT2D eigenvalue weighted by Gasteiger charge is -2.38. The van der Waals surface area contributed by atoms with E-state index in [0.717, 1.165) is 37.7 Å². The summed E-state index contributed by atoms with van der Waals surface area (Å²) >= 11 is 0. The summed E-state index contributed by atoms with van der Waals surface area (Å²) in [6.07, 6.45) is 6.26. The molecule has 48 heavy (non-hydrogen) atoms. The second kappa shape index (κ2) is 19.3. The van der Waals surface area contributed by atoms with Crippen LogP contribution in [0.4, 0.5) is 0 Å². The molecule has 0 aliphatic heterocycles. The van der Waals surface area contributed by atoms with Crippen LogP contribution in [0, 0.1) is 23.7 Å². The van der Waals surface area contributed by atoms with Crippen molar-refractivity contribution < 1.29 is 29.0 Å². The molecule has 1 aromatic carbocycles. The van der Waals surface area contributed by atoms with Crippen LogP contribution in [0.15, 0.2) is 54.7 Å². The largest absolute Gasteiger partial charge is 0.452 e. The van der Waals surface area contributed by atoms with Crippen LogP contribution in [0.2, 0.25) is 0 Å². The van der Waals surface area contributed by atoms with Crippen molar-refractivity contribution in [3.63, 3.8) is 0 Å². The number of pyridine rings is 1. The summed E-state index contributed by atoms with van der Waals surface area (Å²) in [5.41, 5.74) is 7.39. The predicted octanol–water partition coefficient (Wildman–Crippen LogP) is 4.96. The standard InChI is InChI=1S/C38H56N4O6/c1-6-26(4)35(36(39)45)42(24-30-19-13-14-20-40-30)38(47)31(25(2)3)23-33(44)32(21-28-15-9-7-10-16-28)41-37(46)34(48-27(5)43)22-29-17-11-8-12-18-29/h8,11-14,17-20,25-26,28,31-35,44H,6-7,9-10,15-16,21-24H2,1-5H3,(H2,39,45)(H,41,46)/t26-,31-,32-,33-,34-,35-/m0/s1. The number of benzene rings is 1. The monoisotopic (exact) mass is 664 g/mol. The summed E-state index contributed by atoms with van der Waals surface area (Å²) < 4.78 is 5.47. The summed E-state index contributed by atoms with van der Waals surface area (Å²) in [5.74, 6) is -2.69. The number of carbonyl (C=O) groups excluding carboxylic acids is 4. The number of nitrogens with two attached hydrogens (primary N) is 1. The molecule has 1 fully saturated rings. The van der Waals surface area contributed by atoms with Crippen molar-refractivity contribution in [3.05, 3.63) is 66.0 Å². The van der Waals surface area contributed by atoms with E-state index in [1.54, 1.807) is 18.3 Å². The smallest absolute Gasteiger partial charge is 0.303 e. The lowest BCUT2D eigenvalue weighted by Crippen LogP contribution is -2.54. The Hall–Kier alpha value is -3.79. The molecule has 1 aromatic heterocycles. The van der Waals surface area contributed by atoms with E-state index in [0.29, 0.717) is 24.5 Å². The lowest BCUT2D eigenvalue weighted by atomic mass is 9.80. The van der Waals surface area contributed by atoms with Crippen LogP contribution in [-0.4, -0.2) is 63.0 Å². The van der Waals surface area contributed by atoms with Gasteiger partial charge in [0.05, 0.1) is 24.4 Å². The number of nitrogens with zero attached hydrogens (tertiary/aromatic N) is 2. The van der Waals surface area contributed by atoms with Crippen LogP contribution in [0.25, 0.3) is 0 Å². The molecular formula is C38H56N4O6. The van der Waals surface area contributed by atoms with Gasteiger partial charge in [-0.05, 0) is 48.3 Å². The number of ether oxygens (including phenoxy) is 1. The van der Waals surface area contributed by atoms with Crippen LogP contribution in [0.5, 0.6) is 0 Å². The van der Waals surface area contributed by atoms with Gasteiger partial charge in [-0.1, -0.05) is 103 Å². The summed E-state index contributed by atoms with van der Waals surface area (Å²) in [7, 11) is 0. The lowest BCUT2D eigenvalue weighted by molar-refractivity contribution is -0.154. The molecule has 0 spiro atoms. The topological polar surface area (TPSA) is 152 Å². The molecule has 1 heterocycles. The third kappa shape index (κ3) is 11.7. The van der Waals surface area contributed by atoms with E-state index in [-0.39, 0.29) is 37.1 Å². The van der Waals surface area contributed by atoms with Gasteiger partial charge in [-0.25, -0.2) is 0 Å². The number of nitrogens with one attached hydrogen (secondary N) is 1. The SMILES string of the molecule is CC[C@H](C)[C@@H](C(N)=O)N(Cc1ccccn1)C(=O)[C@@H](C[C@H](O)[C@H](CC1CCCCC1)NC(=O)[C@H](Cc1ccccc1)OC(C)=O)C(C)C. The van der Waals surface area contributed by atoms with Crippen LogP contribution in [-0.2, 0) is 36.9 Å². The zero-order valence-electron chi connectivity index (χ0n) is 29.3. The van der Waals surface area contributed by atoms with Gasteiger partial charge >= 0.3 is 5.97 Å². The minimum Gasteiger partial charge on any atom is -0.452 e. The van der Waals surface area contributed by atoms with Crippen LogP contribution in [0.1, 0.15) is 97.2 Å². The molecule has 1 aliphatic rings. The minimum atomic E-state index is -1.07. The van der Waals surface area contributed by atoms with Gasteiger partial charge < -0.3 is 25.8 Å². The summed E-state index contributed by atoms with van der Waals surface area (Å²) in [4.78, 5) is 59.0. The zero-order valence-corrected chi connectivity index (χ0v) is 29.3. The summed E-state index contributed by atoms with van der Waals surface area (Å²) in [6, 6.07) is 13.2. The Morgan fingerprint density at radius 3 is 2.25 bits per heavy atom. The maximum atomic E-state index is 14.5. The molecule has 0 radical (unpaired) electrons. The fourth-order valence-electron chi connectivity index (χ4n) is 6.83. The molecule has 3 rings (SSSR count). The van der Waals surface area contributed by atoms with Gasteiger partial charge in [-0.3, -0.25) is 24.2 Å². The number of carbonyl (C=O) groups is 4. The number of hydrogen-bond donors (Lipinski definition) is 3. The Bertz CT molecular complexity index is 1300. The van der Waals surface area contributed by atoms with Crippen molar-refractivity contribution in [2.24, 2.45) is 29.4 Å². The zero-order chi connectivity index (χ0) is 35.2. The number of aliphatic hydroxyl groups is 1. The molecule has 4 N–H and O–H groups in total. The molecule has 0 saturated heterocycles. The molecule has 2 aromatic rings. The van der Waals surface area contributed by atoms with Gasteiger partial charge in [-0.15, -0.1) is 0 Å². The highest BCUT2D eigenvalue weighted by molar-refractivity contribution is 5.88. The van der Waals surface area contributed by atoms with Crippen molar-refractivity contribution >= 4 is 23.7 Å². The first-order valence-corrected chi connectivity index (χ1v) is 17.6. The van der Waals surface area contributed by atoms with E-state index in [4.69, 9.17) is 10.5 Å². The number of aromatic nitrogens is 1. The second-order valence-corrected chi connectivity index (χ2v) is 13.8. The van der Waals surface area contributed by atoms with Gasteiger partial charge in [0.1, 0.15) is 6.04 Å². The Kier molecular flexibility index (Phi) is 15.5. The Morgan fingerprint density at radius 2 is 1.69 bits per heavy atom. The third-order valence-electron chi connectivity index (χ3n) is 9.74. The van der Waals surface area contributed by atoms with Gasteiger partial charge in [-0.2, -0.15) is 0 Å². The molecule has 0 unspecified atom stereocenters. The van der Waals surface area contributed by atoms with Crippen molar-refractivity contribution in [3.8, 4) is 0 Å². The van der Waals surface area contributed by atoms with Crippen molar-refractivity contribution in [2.75, 3.05) is 0 Å². The highest BCUT2D eigenvalue weighted by atomic mass is 16.5. The number of primary amides is 1. The first-order valence-electron chi connectivity index (χ1n) is 17.6. The van der Waals surface area contributed by atoms with Crippen molar-refractivity contribution in [1.29, 1.82) is 0 Å². The normalized spacial score (nSPS) is 17.4. The van der Waals surface area contributed by atoms with Gasteiger partial charge in [0, 0.05) is 25.5 Å². The summed E-state index contributed by atoms with van der Waals surface area (Å²) in [6.45, 7) is 9.06. The van der Waals surface area contributed by atoms with Crippen LogP contribution >= 0.6 is 0 Å². The number of aliphatic hydroxyl groups excluding tert-OH is 1. The molecule has 1 saturated carbocycles. The molecule has 264 valence electrons. The van der Waals surface area contributed by atoms with Crippen LogP contribution in [0.3, 0.4) is 0 Å². The third-order valence-corrected chi connectivity index (χ3v) is 9.74. The number of amides is 3. The second-order valence-electron chi connectivity index (χ2n) is 13.8. The van der Waals surface area contributed by atoms with E-state index >= 15 is 0 Å². The van der Waals surface area contributed by atoms with E-state index < -0.39 is 48.0 Å². The first kappa shape index (κ1) is 38.7. The number of rotatable bonds is 18. The van der Waals surface area contributed by atoms with Crippen molar-refractivity contribution in [1.82, 2.24) is 15.2 Å². The number of hydrogen-bond acceptors (Lipinski definition) is 7. The minimum absolute atomic E-state index is 0.0653. The highest BCUT2D eigenvalue weighted by Crippen LogP contribution is 2.31. The average Bonchev–Trinajstić information content (AvgIpc) is 3.06. The fraction of sp³-hybridized carbons (Fsp3) is 0.605. The van der Waals surface area contributed by atoms with Gasteiger partial charge in [0.25, 0.3) is 5.91 Å².